The van der Waals surface area contributed by atoms with E-state index in [0.717, 1.165) is 4.90 Å². The van der Waals surface area contributed by atoms with Crippen LogP contribution in [0.5, 0.6) is 0 Å². The van der Waals surface area contributed by atoms with E-state index in [1.54, 1.807) is 38.2 Å². The molecule has 5 nitrogen and oxygen atoms in total. The monoisotopic (exact) mass is 406 g/mol. The molecule has 150 valence electrons. The summed E-state index contributed by atoms with van der Waals surface area (Å²) < 4.78 is 38.7. The molecule has 0 spiro atoms. The Morgan fingerprint density at radius 2 is 1.81 bits per heavy atom. The van der Waals surface area contributed by atoms with Crippen LogP contribution in [0.1, 0.15) is 20.3 Å². The Morgan fingerprint density at radius 3 is 2.30 bits per heavy atom. The molecule has 2 unspecified atom stereocenters. The number of hydrogen-bond donors (Lipinski definition) is 1. The highest BCUT2D eigenvalue weighted by Gasteiger charge is 2.57. The minimum Gasteiger partial charge on any atom is -0.373 e. The Bertz CT molecular complexity index is 707. The summed E-state index contributed by atoms with van der Waals surface area (Å²) >= 11 is 5.84. The minimum atomic E-state index is -5.06. The van der Waals surface area contributed by atoms with Crippen LogP contribution in [0.2, 0.25) is 5.02 Å². The molecule has 0 aliphatic carbocycles. The predicted octanol–water partition coefficient (Wildman–Crippen LogP) is 3.10. The number of benzene rings is 1. The summed E-state index contributed by atoms with van der Waals surface area (Å²) in [4.78, 5) is 27.4. The second-order valence-electron chi connectivity index (χ2n) is 7.07. The van der Waals surface area contributed by atoms with Crippen LogP contribution in [0, 0.1) is 11.8 Å². The number of likely N-dealkylation sites (tertiary alicyclic amines) is 1. The largest absolute Gasteiger partial charge is 0.426 e. The Kier molecular flexibility index (Phi) is 6.11. The molecular formula is C18H22ClF3N2O3. The lowest BCUT2D eigenvalue weighted by atomic mass is 9.85. The van der Waals surface area contributed by atoms with Crippen LogP contribution >= 0.6 is 11.6 Å². The average molecular weight is 407 g/mol. The van der Waals surface area contributed by atoms with Crippen LogP contribution in [0.15, 0.2) is 24.3 Å². The Balaban J connectivity index is 2.07. The molecular weight excluding hydrogens is 385 g/mol. The molecule has 1 heterocycles. The normalized spacial score (nSPS) is 22.9. The topological polar surface area (TPSA) is 60.9 Å². The van der Waals surface area contributed by atoms with Crippen LogP contribution < -0.4 is 4.90 Å². The van der Waals surface area contributed by atoms with Crippen molar-refractivity contribution in [3.63, 3.8) is 0 Å². The minimum absolute atomic E-state index is 0.0275. The summed E-state index contributed by atoms with van der Waals surface area (Å²) in [5, 5.41) is 10.1. The molecule has 1 fully saturated rings. The smallest absolute Gasteiger partial charge is 0.373 e. The first kappa shape index (κ1) is 21.5. The molecule has 1 N–H and O–H groups in total. The maximum Gasteiger partial charge on any atom is 0.426 e. The second-order valence-corrected chi connectivity index (χ2v) is 7.50. The number of carbonyl (C=O) groups excluding carboxylic acids is 2. The summed E-state index contributed by atoms with van der Waals surface area (Å²) in [7, 11) is 1.62. The van der Waals surface area contributed by atoms with Crippen molar-refractivity contribution in [3.05, 3.63) is 29.3 Å². The first-order valence-electron chi connectivity index (χ1n) is 8.48. The molecule has 0 radical (unpaired) electrons. The number of anilines is 1. The van der Waals surface area contributed by atoms with Crippen molar-refractivity contribution >= 4 is 29.1 Å². The van der Waals surface area contributed by atoms with Gasteiger partial charge in [0.25, 0.3) is 5.91 Å². The first-order valence-corrected chi connectivity index (χ1v) is 8.85. The molecule has 1 aromatic carbocycles. The highest BCUT2D eigenvalue weighted by Crippen LogP contribution is 2.34. The summed E-state index contributed by atoms with van der Waals surface area (Å²) in [6.45, 7) is 2.10. The van der Waals surface area contributed by atoms with E-state index in [4.69, 9.17) is 11.6 Å². The Hall–Kier alpha value is -1.80. The fourth-order valence-electron chi connectivity index (χ4n) is 3.17. The van der Waals surface area contributed by atoms with Gasteiger partial charge in [0.05, 0.1) is 0 Å². The number of aliphatic hydroxyl groups is 1. The van der Waals surface area contributed by atoms with E-state index in [9.17, 15) is 27.9 Å². The quantitative estimate of drug-likeness (QED) is 0.839. The van der Waals surface area contributed by atoms with Crippen molar-refractivity contribution in [1.29, 1.82) is 0 Å². The lowest BCUT2D eigenvalue weighted by molar-refractivity contribution is -0.251. The number of rotatable bonds is 3. The number of amides is 2. The third-order valence-electron chi connectivity index (χ3n) is 5.02. The van der Waals surface area contributed by atoms with Crippen molar-refractivity contribution in [2.75, 3.05) is 25.0 Å². The summed E-state index contributed by atoms with van der Waals surface area (Å²) in [5.74, 6) is -2.36. The molecule has 1 aliphatic rings. The zero-order valence-corrected chi connectivity index (χ0v) is 16.0. The molecule has 0 saturated carbocycles. The van der Waals surface area contributed by atoms with Crippen LogP contribution in [0.3, 0.4) is 0 Å². The summed E-state index contributed by atoms with van der Waals surface area (Å²) in [6, 6.07) is 6.71. The van der Waals surface area contributed by atoms with Crippen LogP contribution in [0.4, 0.5) is 18.9 Å². The van der Waals surface area contributed by atoms with Gasteiger partial charge in [0, 0.05) is 36.8 Å². The van der Waals surface area contributed by atoms with Gasteiger partial charge in [0.1, 0.15) is 0 Å². The number of piperidine rings is 1. The second kappa shape index (κ2) is 7.67. The lowest BCUT2D eigenvalue weighted by Crippen LogP contribution is -2.59. The van der Waals surface area contributed by atoms with Gasteiger partial charge in [-0.05, 0) is 43.5 Å². The maximum absolute atomic E-state index is 12.9. The molecule has 2 amide bonds. The van der Waals surface area contributed by atoms with Gasteiger partial charge in [-0.25, -0.2) is 0 Å². The van der Waals surface area contributed by atoms with E-state index in [0.29, 0.717) is 17.6 Å². The van der Waals surface area contributed by atoms with E-state index in [-0.39, 0.29) is 31.3 Å². The van der Waals surface area contributed by atoms with Crippen molar-refractivity contribution in [3.8, 4) is 0 Å². The van der Waals surface area contributed by atoms with Gasteiger partial charge >= 0.3 is 6.18 Å². The molecule has 2 rings (SSSR count). The highest BCUT2D eigenvalue weighted by molar-refractivity contribution is 6.30. The van der Waals surface area contributed by atoms with Gasteiger partial charge < -0.3 is 14.9 Å². The maximum atomic E-state index is 12.9. The van der Waals surface area contributed by atoms with Gasteiger partial charge in [-0.3, -0.25) is 9.59 Å². The van der Waals surface area contributed by atoms with Crippen LogP contribution in [-0.4, -0.2) is 53.7 Å². The van der Waals surface area contributed by atoms with Gasteiger partial charge in [0.15, 0.2) is 0 Å². The fraction of sp³-hybridized carbons (Fsp3) is 0.556. The Morgan fingerprint density at radius 1 is 1.26 bits per heavy atom. The van der Waals surface area contributed by atoms with Crippen molar-refractivity contribution in [2.24, 2.45) is 11.8 Å². The third-order valence-corrected chi connectivity index (χ3v) is 5.27. The zero-order valence-electron chi connectivity index (χ0n) is 15.3. The van der Waals surface area contributed by atoms with Crippen molar-refractivity contribution in [1.82, 2.24) is 4.90 Å². The Labute approximate surface area is 160 Å². The molecule has 1 saturated heterocycles. The van der Waals surface area contributed by atoms with E-state index in [1.807, 2.05) is 0 Å². The molecule has 27 heavy (non-hydrogen) atoms. The number of alkyl halides is 3. The standard InChI is InChI=1S/C18H22ClF3N2O3/c1-11-10-24(16(26)17(2,27)18(20,21)22)9-8-14(11)15(25)23(3)13-6-4-12(19)5-7-13/h4-7,11,14,27H,8-10H2,1-3H3/t11?,14?,17-/m1/s1. The van der Waals surface area contributed by atoms with E-state index < -0.39 is 23.6 Å². The van der Waals surface area contributed by atoms with Gasteiger partial charge in [-0.15, -0.1) is 0 Å². The molecule has 3 atom stereocenters. The number of nitrogens with zero attached hydrogens (tertiary/aromatic N) is 2. The van der Waals surface area contributed by atoms with E-state index >= 15 is 0 Å². The van der Waals surface area contributed by atoms with Crippen LogP contribution in [-0.2, 0) is 9.59 Å². The first-order chi connectivity index (χ1) is 12.4. The molecule has 1 aliphatic heterocycles. The number of halogens is 4. The molecule has 0 aromatic heterocycles. The summed E-state index contributed by atoms with van der Waals surface area (Å²) in [5.41, 5.74) is -2.79. The van der Waals surface area contributed by atoms with Gasteiger partial charge in [-0.2, -0.15) is 13.2 Å². The molecule has 9 heteroatoms. The van der Waals surface area contributed by atoms with E-state index in [2.05, 4.69) is 0 Å². The van der Waals surface area contributed by atoms with Crippen LogP contribution in [0.25, 0.3) is 0 Å². The number of carbonyl (C=O) groups is 2. The fourth-order valence-corrected chi connectivity index (χ4v) is 3.29. The zero-order chi connectivity index (χ0) is 20.6. The average Bonchev–Trinajstić information content (AvgIpc) is 2.59. The van der Waals surface area contributed by atoms with Gasteiger partial charge in [0.2, 0.25) is 11.5 Å². The van der Waals surface area contributed by atoms with Gasteiger partial charge in [-0.1, -0.05) is 18.5 Å². The van der Waals surface area contributed by atoms with Crippen molar-refractivity contribution in [2.45, 2.75) is 32.0 Å². The predicted molar refractivity (Wildman–Crippen MR) is 95.4 cm³/mol. The molecule has 0 bridgehead atoms. The molecule has 1 aromatic rings. The SMILES string of the molecule is CC1CN(C(=O)[C@@](C)(O)C(F)(F)F)CCC1C(=O)N(C)c1ccc(Cl)cc1. The third kappa shape index (κ3) is 4.38. The van der Waals surface area contributed by atoms with Crippen molar-refractivity contribution < 1.29 is 27.9 Å². The highest BCUT2D eigenvalue weighted by atomic mass is 35.5. The summed E-state index contributed by atoms with van der Waals surface area (Å²) in [6.07, 6.45) is -4.84. The lowest BCUT2D eigenvalue weighted by Gasteiger charge is -2.40. The number of hydrogen-bond acceptors (Lipinski definition) is 3. The van der Waals surface area contributed by atoms with E-state index in [1.165, 1.54) is 4.90 Å².